The molecule has 5 heteroatoms. The first kappa shape index (κ1) is 14.4. The zero-order valence-electron chi connectivity index (χ0n) is 10.1. The molecule has 2 rings (SSSR count). The molecule has 100 valence electrons. The predicted octanol–water partition coefficient (Wildman–Crippen LogP) is 4.02. The smallest absolute Gasteiger partial charge is 0.0524 e. The van der Waals surface area contributed by atoms with E-state index in [0.29, 0.717) is 27.2 Å². The third-order valence-electron chi connectivity index (χ3n) is 2.70. The number of benzene rings is 2. The first-order chi connectivity index (χ1) is 9.06. The number of nitrogens with two attached hydrogens (primary N) is 1. The van der Waals surface area contributed by atoms with Crippen molar-refractivity contribution in [2.45, 2.75) is 11.5 Å². The van der Waals surface area contributed by atoms with Crippen LogP contribution in [0.5, 0.6) is 0 Å². The maximum Gasteiger partial charge on any atom is 0.0524 e. The van der Waals surface area contributed by atoms with Crippen molar-refractivity contribution < 1.29 is 4.21 Å². The molecule has 2 aromatic rings. The minimum atomic E-state index is -1.06. The van der Waals surface area contributed by atoms with E-state index in [2.05, 4.69) is 0 Å². The van der Waals surface area contributed by atoms with Gasteiger partial charge in [0.15, 0.2) is 0 Å². The van der Waals surface area contributed by atoms with Crippen molar-refractivity contribution >= 4 is 39.7 Å². The normalized spacial score (nSPS) is 12.3. The summed E-state index contributed by atoms with van der Waals surface area (Å²) in [6.45, 7) is 0. The van der Waals surface area contributed by atoms with E-state index < -0.39 is 10.8 Å². The molecule has 0 heterocycles. The Labute approximate surface area is 125 Å². The van der Waals surface area contributed by atoms with Gasteiger partial charge < -0.3 is 5.73 Å². The van der Waals surface area contributed by atoms with Crippen LogP contribution in [0.2, 0.25) is 10.0 Å². The first-order valence-corrected chi connectivity index (χ1v) is 7.93. The van der Waals surface area contributed by atoms with E-state index >= 15 is 0 Å². The molecular formula is C14H13Cl2NOS. The van der Waals surface area contributed by atoms with Gasteiger partial charge in [-0.2, -0.15) is 0 Å². The van der Waals surface area contributed by atoms with Crippen molar-refractivity contribution in [3.8, 4) is 0 Å². The zero-order chi connectivity index (χ0) is 13.8. The molecule has 0 aliphatic carbocycles. The molecule has 0 bridgehead atoms. The Morgan fingerprint density at radius 2 is 1.68 bits per heavy atom. The molecule has 0 saturated carbocycles. The fraction of sp³-hybridized carbons (Fsp3) is 0.143. The summed E-state index contributed by atoms with van der Waals surface area (Å²) in [4.78, 5) is 0. The number of nitrogen functional groups attached to an aromatic ring is 1. The standard InChI is InChI=1S/C14H13Cl2NOS/c15-11-6-4-10(5-7-11)8-19(18)9-12-13(16)2-1-3-14(12)17/h1-7H,8-9,17H2. The van der Waals surface area contributed by atoms with Gasteiger partial charge in [-0.3, -0.25) is 4.21 Å². The van der Waals surface area contributed by atoms with E-state index in [1.165, 1.54) is 0 Å². The number of halogens is 2. The number of hydrogen-bond donors (Lipinski definition) is 1. The van der Waals surface area contributed by atoms with E-state index in [4.69, 9.17) is 28.9 Å². The summed E-state index contributed by atoms with van der Waals surface area (Å²) >= 11 is 11.9. The highest BCUT2D eigenvalue weighted by atomic mass is 35.5. The quantitative estimate of drug-likeness (QED) is 0.866. The van der Waals surface area contributed by atoms with Gasteiger partial charge in [0.25, 0.3) is 0 Å². The fourth-order valence-electron chi connectivity index (χ4n) is 1.71. The molecule has 2 nitrogen and oxygen atoms in total. The molecule has 19 heavy (non-hydrogen) atoms. The molecule has 0 saturated heterocycles. The molecule has 0 amide bonds. The fourth-order valence-corrected chi connectivity index (χ4v) is 3.47. The Kier molecular flexibility index (Phi) is 4.86. The highest BCUT2D eigenvalue weighted by molar-refractivity contribution is 7.83. The zero-order valence-corrected chi connectivity index (χ0v) is 12.4. The summed E-state index contributed by atoms with van der Waals surface area (Å²) in [5.74, 6) is 0.815. The summed E-state index contributed by atoms with van der Waals surface area (Å²) in [7, 11) is -1.06. The van der Waals surface area contributed by atoms with Crippen LogP contribution in [0.1, 0.15) is 11.1 Å². The highest BCUT2D eigenvalue weighted by Gasteiger charge is 2.09. The average molecular weight is 314 g/mol. The van der Waals surface area contributed by atoms with Crippen LogP contribution in [0.25, 0.3) is 0 Å². The van der Waals surface area contributed by atoms with Crippen molar-refractivity contribution in [2.75, 3.05) is 5.73 Å². The lowest BCUT2D eigenvalue weighted by atomic mass is 10.2. The molecule has 0 radical (unpaired) electrons. The lowest BCUT2D eigenvalue weighted by Gasteiger charge is -2.08. The molecule has 0 aliphatic heterocycles. The van der Waals surface area contributed by atoms with E-state index in [1.54, 1.807) is 30.3 Å². The maximum atomic E-state index is 12.1. The van der Waals surface area contributed by atoms with Gasteiger partial charge in [-0.15, -0.1) is 0 Å². The molecule has 0 aliphatic rings. The number of rotatable bonds is 4. The Hall–Kier alpha value is -1.03. The van der Waals surface area contributed by atoms with Gasteiger partial charge in [0.2, 0.25) is 0 Å². The molecule has 1 atom stereocenters. The summed E-state index contributed by atoms with van der Waals surface area (Å²) < 4.78 is 12.1. The largest absolute Gasteiger partial charge is 0.398 e. The van der Waals surface area contributed by atoms with E-state index in [9.17, 15) is 4.21 Å². The van der Waals surface area contributed by atoms with Gasteiger partial charge in [-0.25, -0.2) is 0 Å². The van der Waals surface area contributed by atoms with Gasteiger partial charge in [-0.1, -0.05) is 41.4 Å². The topological polar surface area (TPSA) is 43.1 Å². The molecule has 0 aromatic heterocycles. The highest BCUT2D eigenvalue weighted by Crippen LogP contribution is 2.24. The molecule has 0 fully saturated rings. The van der Waals surface area contributed by atoms with Crippen LogP contribution < -0.4 is 5.73 Å². The van der Waals surface area contributed by atoms with Crippen LogP contribution in [0, 0.1) is 0 Å². The van der Waals surface area contributed by atoms with Gasteiger partial charge in [0.05, 0.1) is 5.75 Å². The number of anilines is 1. The van der Waals surface area contributed by atoms with Gasteiger partial charge in [0.1, 0.15) is 0 Å². The third-order valence-corrected chi connectivity index (χ3v) is 4.57. The van der Waals surface area contributed by atoms with Crippen LogP contribution >= 0.6 is 23.2 Å². The van der Waals surface area contributed by atoms with Gasteiger partial charge in [-0.05, 0) is 29.8 Å². The summed E-state index contributed by atoms with van der Waals surface area (Å²) in [5.41, 5.74) is 8.15. The van der Waals surface area contributed by atoms with Crippen LogP contribution in [0.3, 0.4) is 0 Å². The molecule has 1 unspecified atom stereocenters. The third kappa shape index (κ3) is 3.96. The Balaban J connectivity index is 2.07. The Morgan fingerprint density at radius 1 is 1.00 bits per heavy atom. The van der Waals surface area contributed by atoms with Crippen LogP contribution in [0.15, 0.2) is 42.5 Å². The van der Waals surface area contributed by atoms with Crippen LogP contribution in [-0.2, 0) is 22.3 Å². The lowest BCUT2D eigenvalue weighted by Crippen LogP contribution is -2.03. The molecule has 2 aromatic carbocycles. The van der Waals surface area contributed by atoms with Crippen molar-refractivity contribution in [1.82, 2.24) is 0 Å². The van der Waals surface area contributed by atoms with Crippen LogP contribution in [-0.4, -0.2) is 4.21 Å². The minimum Gasteiger partial charge on any atom is -0.398 e. The van der Waals surface area contributed by atoms with Crippen molar-refractivity contribution in [3.05, 3.63) is 63.6 Å². The second-order valence-corrected chi connectivity index (χ2v) is 6.46. The summed E-state index contributed by atoms with van der Waals surface area (Å²) in [6, 6.07) is 12.6. The summed E-state index contributed by atoms with van der Waals surface area (Å²) in [5, 5.41) is 1.23. The van der Waals surface area contributed by atoms with Crippen molar-refractivity contribution in [2.24, 2.45) is 0 Å². The Bertz CT molecular complexity index is 579. The lowest BCUT2D eigenvalue weighted by molar-refractivity contribution is 0.682. The van der Waals surface area contributed by atoms with Crippen molar-refractivity contribution in [1.29, 1.82) is 0 Å². The van der Waals surface area contributed by atoms with Crippen LogP contribution in [0.4, 0.5) is 5.69 Å². The van der Waals surface area contributed by atoms with E-state index in [1.807, 2.05) is 12.1 Å². The molecular weight excluding hydrogens is 301 g/mol. The second-order valence-electron chi connectivity index (χ2n) is 4.16. The van der Waals surface area contributed by atoms with Crippen molar-refractivity contribution in [3.63, 3.8) is 0 Å². The average Bonchev–Trinajstić information content (AvgIpc) is 2.37. The SMILES string of the molecule is Nc1cccc(Cl)c1CS(=O)Cc1ccc(Cl)cc1. The Morgan fingerprint density at radius 3 is 2.32 bits per heavy atom. The predicted molar refractivity (Wildman–Crippen MR) is 82.9 cm³/mol. The maximum absolute atomic E-state index is 12.1. The van der Waals surface area contributed by atoms with E-state index in [0.717, 1.165) is 11.1 Å². The summed E-state index contributed by atoms with van der Waals surface area (Å²) in [6.07, 6.45) is 0. The first-order valence-electron chi connectivity index (χ1n) is 5.68. The minimum absolute atomic E-state index is 0.355. The molecule has 0 spiro atoms. The number of hydrogen-bond acceptors (Lipinski definition) is 2. The second kappa shape index (κ2) is 6.42. The monoisotopic (exact) mass is 313 g/mol. The van der Waals surface area contributed by atoms with Gasteiger partial charge in [0, 0.05) is 37.8 Å². The molecule has 2 N–H and O–H groups in total. The van der Waals surface area contributed by atoms with E-state index in [-0.39, 0.29) is 0 Å². The van der Waals surface area contributed by atoms with Gasteiger partial charge >= 0.3 is 0 Å².